The third-order valence-electron chi connectivity index (χ3n) is 4.09. The van der Waals surface area contributed by atoms with E-state index < -0.39 is 0 Å². The number of aromatic nitrogens is 1. The smallest absolute Gasteiger partial charge is 0.234 e. The van der Waals surface area contributed by atoms with Crippen LogP contribution in [0.5, 0.6) is 0 Å². The Morgan fingerprint density at radius 3 is 2.88 bits per heavy atom. The molecule has 0 saturated carbocycles. The van der Waals surface area contributed by atoms with Crippen molar-refractivity contribution in [2.75, 3.05) is 31.5 Å². The van der Waals surface area contributed by atoms with E-state index in [2.05, 4.69) is 34.4 Å². The van der Waals surface area contributed by atoms with Crippen molar-refractivity contribution in [3.63, 3.8) is 0 Å². The van der Waals surface area contributed by atoms with Crippen molar-refractivity contribution >= 4 is 17.6 Å². The lowest BCUT2D eigenvalue weighted by Crippen LogP contribution is -2.45. The topological polar surface area (TPSA) is 74.3 Å². The molecule has 0 aromatic carbocycles. The molecule has 0 spiro atoms. The van der Waals surface area contributed by atoms with Crippen LogP contribution in [0.25, 0.3) is 0 Å². The Morgan fingerprint density at radius 2 is 2.17 bits per heavy atom. The van der Waals surface area contributed by atoms with Gasteiger partial charge >= 0.3 is 0 Å². The third kappa shape index (κ3) is 5.92. The normalized spacial score (nSPS) is 18.4. The van der Waals surface area contributed by atoms with Gasteiger partial charge in [0.2, 0.25) is 11.8 Å². The molecule has 6 heteroatoms. The Bertz CT molecular complexity index is 574. The largest absolute Gasteiger partial charge is 0.355 e. The number of likely N-dealkylation sites (tertiary alicyclic amines) is 1. The van der Waals surface area contributed by atoms with Crippen molar-refractivity contribution in [2.24, 2.45) is 11.8 Å². The zero-order chi connectivity index (χ0) is 17.5. The van der Waals surface area contributed by atoms with Crippen LogP contribution in [0.2, 0.25) is 0 Å². The van der Waals surface area contributed by atoms with Gasteiger partial charge in [0.25, 0.3) is 0 Å². The first-order valence-corrected chi connectivity index (χ1v) is 8.67. The number of nitrogens with one attached hydrogen (secondary N) is 2. The fraction of sp³-hybridized carbons (Fsp3) is 0.611. The molecule has 0 unspecified atom stereocenters. The van der Waals surface area contributed by atoms with E-state index in [9.17, 15) is 9.59 Å². The molecule has 2 amide bonds. The Morgan fingerprint density at radius 1 is 1.38 bits per heavy atom. The summed E-state index contributed by atoms with van der Waals surface area (Å²) in [5, 5.41) is 5.82. The van der Waals surface area contributed by atoms with Crippen LogP contribution in [-0.4, -0.2) is 47.9 Å². The molecule has 24 heavy (non-hydrogen) atoms. The van der Waals surface area contributed by atoms with Crippen LogP contribution in [0.4, 0.5) is 5.82 Å². The maximum Gasteiger partial charge on any atom is 0.234 e. The van der Waals surface area contributed by atoms with Crippen molar-refractivity contribution in [1.82, 2.24) is 15.2 Å². The molecular weight excluding hydrogens is 304 g/mol. The molecule has 1 aromatic rings. The third-order valence-corrected chi connectivity index (χ3v) is 4.09. The number of carbonyl (C=O) groups is 2. The van der Waals surface area contributed by atoms with Crippen LogP contribution in [0.3, 0.4) is 0 Å². The van der Waals surface area contributed by atoms with Gasteiger partial charge in [0.1, 0.15) is 5.82 Å². The minimum atomic E-state index is -0.0982. The lowest BCUT2D eigenvalue weighted by Gasteiger charge is -2.31. The molecule has 1 atom stereocenters. The highest BCUT2D eigenvalue weighted by Crippen LogP contribution is 2.18. The summed E-state index contributed by atoms with van der Waals surface area (Å²) in [6.07, 6.45) is 1.78. The molecule has 2 rings (SSSR count). The fourth-order valence-corrected chi connectivity index (χ4v) is 2.83. The number of anilines is 1. The molecule has 0 aliphatic carbocycles. The van der Waals surface area contributed by atoms with Gasteiger partial charge in [-0.05, 0) is 44.4 Å². The number of nitrogens with zero attached hydrogens (tertiary/aromatic N) is 2. The Labute approximate surface area is 144 Å². The van der Waals surface area contributed by atoms with Crippen LogP contribution >= 0.6 is 0 Å². The maximum absolute atomic E-state index is 12.4. The number of pyridine rings is 1. The zero-order valence-electron chi connectivity index (χ0n) is 14.8. The molecule has 6 nitrogen and oxygen atoms in total. The van der Waals surface area contributed by atoms with Crippen LogP contribution < -0.4 is 10.6 Å². The molecule has 1 saturated heterocycles. The zero-order valence-corrected chi connectivity index (χ0v) is 14.8. The second-order valence-corrected chi connectivity index (χ2v) is 6.93. The van der Waals surface area contributed by atoms with E-state index in [0.29, 0.717) is 31.4 Å². The van der Waals surface area contributed by atoms with Gasteiger partial charge < -0.3 is 10.6 Å². The number of rotatable bonds is 6. The summed E-state index contributed by atoms with van der Waals surface area (Å²) in [6.45, 7) is 8.57. The molecule has 1 aliphatic rings. The molecular formula is C18H28N4O2. The van der Waals surface area contributed by atoms with Gasteiger partial charge in [-0.3, -0.25) is 14.5 Å². The quantitative estimate of drug-likeness (QED) is 0.833. The van der Waals surface area contributed by atoms with Gasteiger partial charge in [0.05, 0.1) is 12.5 Å². The predicted molar refractivity (Wildman–Crippen MR) is 94.6 cm³/mol. The SMILES string of the molecule is Cc1cccc(NC(=O)[C@H]2CCCN(CC(=O)NCC(C)C)C2)n1. The van der Waals surface area contributed by atoms with Crippen molar-refractivity contribution in [2.45, 2.75) is 33.6 Å². The molecule has 1 fully saturated rings. The minimum Gasteiger partial charge on any atom is -0.355 e. The van der Waals surface area contributed by atoms with E-state index in [-0.39, 0.29) is 17.7 Å². The second-order valence-electron chi connectivity index (χ2n) is 6.93. The van der Waals surface area contributed by atoms with E-state index in [0.717, 1.165) is 25.1 Å². The van der Waals surface area contributed by atoms with Crippen LogP contribution in [0.1, 0.15) is 32.4 Å². The average molecular weight is 332 g/mol. The number of hydrogen-bond acceptors (Lipinski definition) is 4. The first kappa shape index (κ1) is 18.4. The summed E-state index contributed by atoms with van der Waals surface area (Å²) < 4.78 is 0. The lowest BCUT2D eigenvalue weighted by atomic mass is 9.97. The highest BCUT2D eigenvalue weighted by Gasteiger charge is 2.27. The molecule has 2 N–H and O–H groups in total. The monoisotopic (exact) mass is 332 g/mol. The van der Waals surface area contributed by atoms with E-state index in [1.807, 2.05) is 19.1 Å². The first-order chi connectivity index (χ1) is 11.4. The van der Waals surface area contributed by atoms with Gasteiger partial charge in [0, 0.05) is 18.8 Å². The van der Waals surface area contributed by atoms with Crippen LogP contribution in [0, 0.1) is 18.8 Å². The summed E-state index contributed by atoms with van der Waals surface area (Å²) in [5.74, 6) is 0.951. The van der Waals surface area contributed by atoms with Gasteiger partial charge in [-0.15, -0.1) is 0 Å². The number of amides is 2. The van der Waals surface area contributed by atoms with Gasteiger partial charge in [-0.1, -0.05) is 19.9 Å². The van der Waals surface area contributed by atoms with Crippen molar-refractivity contribution in [3.8, 4) is 0 Å². The van der Waals surface area contributed by atoms with Crippen molar-refractivity contribution in [1.29, 1.82) is 0 Å². The summed E-state index contributed by atoms with van der Waals surface area (Å²) in [5.41, 5.74) is 0.875. The molecule has 0 bridgehead atoms. The van der Waals surface area contributed by atoms with E-state index in [1.165, 1.54) is 0 Å². The van der Waals surface area contributed by atoms with Crippen LogP contribution in [0.15, 0.2) is 18.2 Å². The number of aryl methyl sites for hydroxylation is 1. The summed E-state index contributed by atoms with van der Waals surface area (Å²) in [6, 6.07) is 5.57. The summed E-state index contributed by atoms with van der Waals surface area (Å²) >= 11 is 0. The molecule has 132 valence electrons. The maximum atomic E-state index is 12.4. The van der Waals surface area contributed by atoms with E-state index in [1.54, 1.807) is 6.07 Å². The average Bonchev–Trinajstić information content (AvgIpc) is 2.53. The highest BCUT2D eigenvalue weighted by molar-refractivity contribution is 5.92. The molecule has 1 aromatic heterocycles. The lowest BCUT2D eigenvalue weighted by molar-refractivity contribution is -0.125. The number of hydrogen-bond donors (Lipinski definition) is 2. The van der Waals surface area contributed by atoms with Gasteiger partial charge in [-0.2, -0.15) is 0 Å². The molecule has 1 aliphatic heterocycles. The van der Waals surface area contributed by atoms with Crippen molar-refractivity contribution < 1.29 is 9.59 Å². The number of piperidine rings is 1. The second kappa shape index (κ2) is 8.78. The Kier molecular flexibility index (Phi) is 6.73. The van der Waals surface area contributed by atoms with E-state index >= 15 is 0 Å². The standard InChI is InChI=1S/C18H28N4O2/c1-13(2)10-19-17(23)12-22-9-5-7-15(11-22)18(24)21-16-8-4-6-14(3)20-16/h4,6,8,13,15H,5,7,9-12H2,1-3H3,(H,19,23)(H,20,21,24)/t15-/m0/s1. The van der Waals surface area contributed by atoms with Gasteiger partial charge in [-0.25, -0.2) is 4.98 Å². The molecule has 2 heterocycles. The summed E-state index contributed by atoms with van der Waals surface area (Å²) in [7, 11) is 0. The van der Waals surface area contributed by atoms with E-state index in [4.69, 9.17) is 0 Å². The van der Waals surface area contributed by atoms with Crippen LogP contribution in [-0.2, 0) is 9.59 Å². The minimum absolute atomic E-state index is 0.0135. The molecule has 0 radical (unpaired) electrons. The van der Waals surface area contributed by atoms with Gasteiger partial charge in [0.15, 0.2) is 0 Å². The number of carbonyl (C=O) groups excluding carboxylic acids is 2. The highest BCUT2D eigenvalue weighted by atomic mass is 16.2. The van der Waals surface area contributed by atoms with Crippen molar-refractivity contribution in [3.05, 3.63) is 23.9 Å². The predicted octanol–water partition coefficient (Wildman–Crippen LogP) is 1.81. The fourth-order valence-electron chi connectivity index (χ4n) is 2.83. The first-order valence-electron chi connectivity index (χ1n) is 8.67. The Balaban J connectivity index is 1.83. The Hall–Kier alpha value is -1.95. The summed E-state index contributed by atoms with van der Waals surface area (Å²) in [4.78, 5) is 30.8.